The van der Waals surface area contributed by atoms with Gasteiger partial charge in [-0.05, 0) is 53.3 Å². The molecule has 22 heavy (non-hydrogen) atoms. The first-order valence-electron chi connectivity index (χ1n) is 6.48. The molecule has 0 saturated carbocycles. The van der Waals surface area contributed by atoms with Crippen LogP contribution in [0, 0.1) is 10.5 Å². The molecular formula is C16H13F3INO. The third-order valence-corrected chi connectivity index (χ3v) is 3.99. The summed E-state index contributed by atoms with van der Waals surface area (Å²) in [5.41, 5.74) is 1.28. The van der Waals surface area contributed by atoms with E-state index in [1.807, 2.05) is 53.8 Å². The minimum absolute atomic E-state index is 0.118. The number of benzene rings is 2. The summed E-state index contributed by atoms with van der Waals surface area (Å²) in [5, 5.41) is 2.54. The molecule has 0 bridgehead atoms. The van der Waals surface area contributed by atoms with E-state index >= 15 is 0 Å². The second-order valence-electron chi connectivity index (χ2n) is 4.90. The fourth-order valence-corrected chi connectivity index (χ4v) is 2.35. The maximum absolute atomic E-state index is 12.7. The highest BCUT2D eigenvalue weighted by Gasteiger charge is 2.31. The predicted octanol–water partition coefficient (Wildman–Crippen LogP) is 4.80. The van der Waals surface area contributed by atoms with E-state index in [4.69, 9.17) is 0 Å². The number of nitrogens with one attached hydrogen (secondary N) is 1. The first-order chi connectivity index (χ1) is 10.3. The number of carbonyl (C=O) groups is 1. The van der Waals surface area contributed by atoms with Crippen LogP contribution in [0.15, 0.2) is 42.5 Å². The van der Waals surface area contributed by atoms with Gasteiger partial charge in [0.25, 0.3) is 0 Å². The van der Waals surface area contributed by atoms with Crippen LogP contribution in [0.1, 0.15) is 16.7 Å². The third kappa shape index (κ3) is 4.46. The molecule has 0 aliphatic rings. The van der Waals surface area contributed by atoms with Crippen molar-refractivity contribution >= 4 is 34.2 Å². The lowest BCUT2D eigenvalue weighted by Gasteiger charge is -2.12. The first-order valence-corrected chi connectivity index (χ1v) is 7.56. The van der Waals surface area contributed by atoms with Crippen LogP contribution in [-0.2, 0) is 17.4 Å². The molecule has 0 unspecified atom stereocenters. The van der Waals surface area contributed by atoms with Crippen LogP contribution in [0.3, 0.4) is 0 Å². The van der Waals surface area contributed by atoms with Gasteiger partial charge in [-0.1, -0.05) is 29.8 Å². The SMILES string of the molecule is Cc1ccc(CC(=O)Nc2cc(C(F)(F)F)ccc2I)cc1. The van der Waals surface area contributed by atoms with Gasteiger partial charge >= 0.3 is 6.18 Å². The number of hydrogen-bond acceptors (Lipinski definition) is 1. The molecule has 0 saturated heterocycles. The van der Waals surface area contributed by atoms with E-state index in [1.54, 1.807) is 0 Å². The number of anilines is 1. The molecule has 2 rings (SSSR count). The van der Waals surface area contributed by atoms with Crippen molar-refractivity contribution in [3.63, 3.8) is 0 Å². The molecule has 2 aromatic carbocycles. The molecule has 2 nitrogen and oxygen atoms in total. The Bertz CT molecular complexity index is 681. The second-order valence-corrected chi connectivity index (χ2v) is 6.07. The standard InChI is InChI=1S/C16H13F3INO/c1-10-2-4-11(5-3-10)8-15(22)21-14-9-12(16(17,18)19)6-7-13(14)20/h2-7,9H,8H2,1H3,(H,21,22). The smallest absolute Gasteiger partial charge is 0.325 e. The Morgan fingerprint density at radius 3 is 2.36 bits per heavy atom. The molecule has 1 amide bonds. The third-order valence-electron chi connectivity index (χ3n) is 3.05. The van der Waals surface area contributed by atoms with Crippen molar-refractivity contribution in [1.29, 1.82) is 0 Å². The lowest BCUT2D eigenvalue weighted by molar-refractivity contribution is -0.137. The van der Waals surface area contributed by atoms with Crippen LogP contribution in [0.4, 0.5) is 18.9 Å². The van der Waals surface area contributed by atoms with Gasteiger partial charge in [0.15, 0.2) is 0 Å². The molecule has 2 aromatic rings. The monoisotopic (exact) mass is 419 g/mol. The summed E-state index contributed by atoms with van der Waals surface area (Å²) in [7, 11) is 0. The van der Waals surface area contributed by atoms with Crippen LogP contribution < -0.4 is 5.32 Å². The Balaban J connectivity index is 2.12. The largest absolute Gasteiger partial charge is 0.416 e. The predicted molar refractivity (Wildman–Crippen MR) is 87.7 cm³/mol. The maximum Gasteiger partial charge on any atom is 0.416 e. The fourth-order valence-electron chi connectivity index (χ4n) is 1.88. The molecule has 0 aromatic heterocycles. The summed E-state index contributed by atoms with van der Waals surface area (Å²) >= 11 is 1.89. The van der Waals surface area contributed by atoms with E-state index in [0.29, 0.717) is 3.57 Å². The van der Waals surface area contributed by atoms with Crippen molar-refractivity contribution in [2.24, 2.45) is 0 Å². The Morgan fingerprint density at radius 1 is 1.14 bits per heavy atom. The minimum atomic E-state index is -4.43. The van der Waals surface area contributed by atoms with Gasteiger partial charge in [0.05, 0.1) is 17.7 Å². The number of amides is 1. The topological polar surface area (TPSA) is 29.1 Å². The van der Waals surface area contributed by atoms with Gasteiger partial charge in [-0.3, -0.25) is 4.79 Å². The molecule has 116 valence electrons. The van der Waals surface area contributed by atoms with Crippen LogP contribution in [-0.4, -0.2) is 5.91 Å². The quantitative estimate of drug-likeness (QED) is 0.712. The van der Waals surface area contributed by atoms with Gasteiger partial charge < -0.3 is 5.32 Å². The summed E-state index contributed by atoms with van der Waals surface area (Å²) in [6.45, 7) is 1.94. The molecule has 6 heteroatoms. The highest BCUT2D eigenvalue weighted by atomic mass is 127. The van der Waals surface area contributed by atoms with Crippen LogP contribution in [0.2, 0.25) is 0 Å². The van der Waals surface area contributed by atoms with Crippen LogP contribution >= 0.6 is 22.6 Å². The number of halogens is 4. The Kier molecular flexibility index (Phi) is 5.10. The van der Waals surface area contributed by atoms with E-state index in [-0.39, 0.29) is 18.0 Å². The zero-order valence-corrected chi connectivity index (χ0v) is 13.8. The summed E-state index contributed by atoms with van der Waals surface area (Å²) in [5.74, 6) is -0.346. The van der Waals surface area contributed by atoms with E-state index in [1.165, 1.54) is 6.07 Å². The minimum Gasteiger partial charge on any atom is -0.325 e. The van der Waals surface area contributed by atoms with Crippen molar-refractivity contribution in [2.45, 2.75) is 19.5 Å². The van der Waals surface area contributed by atoms with E-state index in [0.717, 1.165) is 23.3 Å². The molecule has 0 radical (unpaired) electrons. The van der Waals surface area contributed by atoms with Gasteiger partial charge in [-0.15, -0.1) is 0 Å². The number of alkyl halides is 3. The Hall–Kier alpha value is -1.57. The summed E-state index contributed by atoms with van der Waals surface area (Å²) in [6.07, 6.45) is -4.31. The maximum atomic E-state index is 12.7. The summed E-state index contributed by atoms with van der Waals surface area (Å²) in [6, 6.07) is 10.7. The van der Waals surface area contributed by atoms with Crippen LogP contribution in [0.5, 0.6) is 0 Å². The van der Waals surface area contributed by atoms with Gasteiger partial charge in [-0.25, -0.2) is 0 Å². The zero-order chi connectivity index (χ0) is 16.3. The van der Waals surface area contributed by atoms with E-state index in [9.17, 15) is 18.0 Å². The van der Waals surface area contributed by atoms with Gasteiger partial charge in [0.2, 0.25) is 5.91 Å². The average Bonchev–Trinajstić information content (AvgIpc) is 2.42. The Morgan fingerprint density at radius 2 is 1.77 bits per heavy atom. The van der Waals surface area contributed by atoms with Gasteiger partial charge in [-0.2, -0.15) is 13.2 Å². The number of aryl methyl sites for hydroxylation is 1. The fraction of sp³-hybridized carbons (Fsp3) is 0.188. The highest BCUT2D eigenvalue weighted by Crippen LogP contribution is 2.32. The number of hydrogen-bond donors (Lipinski definition) is 1. The number of carbonyl (C=O) groups excluding carboxylic acids is 1. The summed E-state index contributed by atoms with van der Waals surface area (Å²) in [4.78, 5) is 12.0. The molecule has 0 spiro atoms. The highest BCUT2D eigenvalue weighted by molar-refractivity contribution is 14.1. The molecule has 0 aliphatic carbocycles. The van der Waals surface area contributed by atoms with Crippen molar-refractivity contribution in [3.8, 4) is 0 Å². The lowest BCUT2D eigenvalue weighted by Crippen LogP contribution is -2.16. The molecule has 0 atom stereocenters. The van der Waals surface area contributed by atoms with Crippen molar-refractivity contribution in [1.82, 2.24) is 0 Å². The van der Waals surface area contributed by atoms with E-state index in [2.05, 4.69) is 5.32 Å². The first kappa shape index (κ1) is 16.8. The van der Waals surface area contributed by atoms with Gasteiger partial charge in [0, 0.05) is 3.57 Å². The molecule has 0 heterocycles. The zero-order valence-electron chi connectivity index (χ0n) is 11.7. The normalized spacial score (nSPS) is 11.3. The Labute approximate surface area is 139 Å². The second kappa shape index (κ2) is 6.68. The molecule has 1 N–H and O–H groups in total. The number of rotatable bonds is 3. The molecule has 0 fully saturated rings. The van der Waals surface area contributed by atoms with E-state index < -0.39 is 11.7 Å². The molecular weight excluding hydrogens is 406 g/mol. The van der Waals surface area contributed by atoms with Crippen LogP contribution in [0.25, 0.3) is 0 Å². The lowest BCUT2D eigenvalue weighted by atomic mass is 10.1. The van der Waals surface area contributed by atoms with Crippen molar-refractivity contribution in [3.05, 3.63) is 62.7 Å². The average molecular weight is 419 g/mol. The molecule has 0 aliphatic heterocycles. The van der Waals surface area contributed by atoms with Gasteiger partial charge in [0.1, 0.15) is 0 Å². The van der Waals surface area contributed by atoms with Crippen molar-refractivity contribution < 1.29 is 18.0 Å². The van der Waals surface area contributed by atoms with Crippen molar-refractivity contribution in [2.75, 3.05) is 5.32 Å². The summed E-state index contributed by atoms with van der Waals surface area (Å²) < 4.78 is 38.7.